The Kier molecular flexibility index (Phi) is 5.25. The lowest BCUT2D eigenvalue weighted by Gasteiger charge is -2.37. The maximum absolute atomic E-state index is 13.7. The van der Waals surface area contributed by atoms with Gasteiger partial charge in [-0.3, -0.25) is 4.79 Å². The van der Waals surface area contributed by atoms with Crippen molar-refractivity contribution < 1.29 is 4.39 Å². The van der Waals surface area contributed by atoms with Crippen LogP contribution in [0.3, 0.4) is 0 Å². The Hall–Kier alpha value is -2.51. The Morgan fingerprint density at radius 2 is 2.20 bits per heavy atom. The molecule has 0 spiro atoms. The molecule has 0 saturated carbocycles. The molecule has 1 aliphatic rings. The summed E-state index contributed by atoms with van der Waals surface area (Å²) in [5.41, 5.74) is -0.103. The number of nitrogens with one attached hydrogen (secondary N) is 1. The first-order valence-electron chi connectivity index (χ1n) is 8.62. The highest BCUT2D eigenvalue weighted by atomic mass is 19.1. The molecule has 0 aromatic carbocycles. The van der Waals surface area contributed by atoms with Crippen LogP contribution in [-0.2, 0) is 0 Å². The minimum absolute atomic E-state index is 0.00364. The van der Waals surface area contributed by atoms with Crippen LogP contribution in [0.15, 0.2) is 29.5 Å². The zero-order valence-corrected chi connectivity index (χ0v) is 14.5. The number of aromatic nitrogens is 4. The SMILES string of the molecule is CC(C)n1nc(N2CCCCC2CNc2ncncc2F)ccc1=O. The molecule has 0 bridgehead atoms. The lowest BCUT2D eigenvalue weighted by atomic mass is 10.0. The molecular weight excluding hydrogens is 323 g/mol. The molecule has 3 rings (SSSR count). The van der Waals surface area contributed by atoms with E-state index in [0.29, 0.717) is 6.54 Å². The highest BCUT2D eigenvalue weighted by molar-refractivity contribution is 5.41. The molecule has 0 aliphatic carbocycles. The minimum Gasteiger partial charge on any atom is -0.365 e. The van der Waals surface area contributed by atoms with E-state index in [1.807, 2.05) is 13.8 Å². The van der Waals surface area contributed by atoms with E-state index in [4.69, 9.17) is 0 Å². The standard InChI is InChI=1S/C17H23FN6O/c1-12(2)24-16(25)7-6-15(22-24)23-8-4-3-5-13(23)9-20-17-14(18)10-19-11-21-17/h6-7,10-13H,3-5,8-9H2,1-2H3,(H,19,20,21). The van der Waals surface area contributed by atoms with Gasteiger partial charge in [-0.15, -0.1) is 0 Å². The quantitative estimate of drug-likeness (QED) is 0.895. The Labute approximate surface area is 145 Å². The van der Waals surface area contributed by atoms with Crippen LogP contribution in [0, 0.1) is 5.82 Å². The van der Waals surface area contributed by atoms with Crippen LogP contribution in [0.2, 0.25) is 0 Å². The summed E-state index contributed by atoms with van der Waals surface area (Å²) in [4.78, 5) is 21.7. The van der Waals surface area contributed by atoms with Crippen LogP contribution in [0.4, 0.5) is 16.0 Å². The molecule has 7 nitrogen and oxygen atoms in total. The number of piperidine rings is 1. The lowest BCUT2D eigenvalue weighted by molar-refractivity contribution is 0.450. The van der Waals surface area contributed by atoms with Gasteiger partial charge in [0.25, 0.3) is 5.56 Å². The van der Waals surface area contributed by atoms with Gasteiger partial charge in [0, 0.05) is 25.2 Å². The molecule has 2 aromatic heterocycles. The van der Waals surface area contributed by atoms with E-state index in [1.54, 1.807) is 12.1 Å². The van der Waals surface area contributed by atoms with E-state index in [0.717, 1.165) is 37.8 Å². The van der Waals surface area contributed by atoms with Crippen LogP contribution in [0.1, 0.15) is 39.2 Å². The summed E-state index contributed by atoms with van der Waals surface area (Å²) >= 11 is 0. The molecule has 3 heterocycles. The summed E-state index contributed by atoms with van der Waals surface area (Å²) in [6.45, 7) is 5.29. The highest BCUT2D eigenvalue weighted by Crippen LogP contribution is 2.23. The van der Waals surface area contributed by atoms with Crippen LogP contribution in [0.5, 0.6) is 0 Å². The third kappa shape index (κ3) is 3.94. The van der Waals surface area contributed by atoms with E-state index in [2.05, 4.69) is 25.3 Å². The normalized spacial score (nSPS) is 17.8. The average Bonchev–Trinajstić information content (AvgIpc) is 2.61. The summed E-state index contributed by atoms with van der Waals surface area (Å²) in [5, 5.41) is 7.59. The van der Waals surface area contributed by atoms with Crippen LogP contribution in [0.25, 0.3) is 0 Å². The minimum atomic E-state index is -0.462. The summed E-state index contributed by atoms with van der Waals surface area (Å²) in [6.07, 6.45) is 5.63. The monoisotopic (exact) mass is 346 g/mol. The van der Waals surface area contributed by atoms with Crippen molar-refractivity contribution in [3.63, 3.8) is 0 Å². The van der Waals surface area contributed by atoms with Crippen LogP contribution >= 0.6 is 0 Å². The van der Waals surface area contributed by atoms with Gasteiger partial charge in [0.05, 0.1) is 12.2 Å². The predicted molar refractivity (Wildman–Crippen MR) is 94.3 cm³/mol. The highest BCUT2D eigenvalue weighted by Gasteiger charge is 2.24. The average molecular weight is 346 g/mol. The maximum Gasteiger partial charge on any atom is 0.267 e. The molecule has 1 atom stereocenters. The Morgan fingerprint density at radius 1 is 1.36 bits per heavy atom. The second-order valence-electron chi connectivity index (χ2n) is 6.51. The molecule has 1 saturated heterocycles. The van der Waals surface area contributed by atoms with Crippen molar-refractivity contribution in [2.45, 2.75) is 45.2 Å². The second kappa shape index (κ2) is 7.58. The van der Waals surface area contributed by atoms with Gasteiger partial charge in [-0.1, -0.05) is 0 Å². The van der Waals surface area contributed by atoms with Gasteiger partial charge in [0.1, 0.15) is 12.1 Å². The summed E-state index contributed by atoms with van der Waals surface area (Å²) in [6, 6.07) is 3.49. The third-order valence-corrected chi connectivity index (χ3v) is 4.39. The fourth-order valence-corrected chi connectivity index (χ4v) is 3.11. The van der Waals surface area contributed by atoms with Crippen molar-refractivity contribution in [2.75, 3.05) is 23.3 Å². The maximum atomic E-state index is 13.7. The van der Waals surface area contributed by atoms with Crippen molar-refractivity contribution in [2.24, 2.45) is 0 Å². The molecule has 1 N–H and O–H groups in total. The Bertz CT molecular complexity index is 778. The third-order valence-electron chi connectivity index (χ3n) is 4.39. The zero-order valence-electron chi connectivity index (χ0n) is 14.5. The van der Waals surface area contributed by atoms with Gasteiger partial charge in [0.15, 0.2) is 11.6 Å². The fraction of sp³-hybridized carbons (Fsp3) is 0.529. The molecule has 0 amide bonds. The van der Waals surface area contributed by atoms with Crippen molar-refractivity contribution in [3.8, 4) is 0 Å². The molecule has 0 radical (unpaired) electrons. The molecule has 8 heteroatoms. The van der Waals surface area contributed by atoms with E-state index in [9.17, 15) is 9.18 Å². The zero-order chi connectivity index (χ0) is 17.8. The molecule has 134 valence electrons. The van der Waals surface area contributed by atoms with E-state index < -0.39 is 5.82 Å². The molecule has 1 aliphatic heterocycles. The van der Waals surface area contributed by atoms with Gasteiger partial charge >= 0.3 is 0 Å². The number of hydrogen-bond acceptors (Lipinski definition) is 6. The van der Waals surface area contributed by atoms with Crippen molar-refractivity contribution in [1.82, 2.24) is 19.7 Å². The van der Waals surface area contributed by atoms with Gasteiger partial charge in [0.2, 0.25) is 0 Å². The topological polar surface area (TPSA) is 75.9 Å². The van der Waals surface area contributed by atoms with E-state index >= 15 is 0 Å². The largest absolute Gasteiger partial charge is 0.365 e. The van der Waals surface area contributed by atoms with Gasteiger partial charge in [-0.2, -0.15) is 5.10 Å². The molecule has 25 heavy (non-hydrogen) atoms. The summed E-state index contributed by atoms with van der Waals surface area (Å²) in [5.74, 6) is 0.528. The van der Waals surface area contributed by atoms with Gasteiger partial charge in [-0.05, 0) is 39.2 Å². The molecule has 1 unspecified atom stereocenters. The molecular formula is C17H23FN6O. The number of nitrogens with zero attached hydrogens (tertiary/aromatic N) is 5. The molecule has 1 fully saturated rings. The van der Waals surface area contributed by atoms with E-state index in [-0.39, 0.29) is 23.5 Å². The van der Waals surface area contributed by atoms with Gasteiger partial charge in [-0.25, -0.2) is 19.0 Å². The molecule has 2 aromatic rings. The first kappa shape index (κ1) is 17.3. The van der Waals surface area contributed by atoms with Crippen molar-refractivity contribution in [3.05, 3.63) is 40.8 Å². The summed E-state index contributed by atoms with van der Waals surface area (Å²) < 4.78 is 15.2. The Balaban J connectivity index is 1.78. The van der Waals surface area contributed by atoms with E-state index in [1.165, 1.54) is 11.0 Å². The first-order valence-corrected chi connectivity index (χ1v) is 8.62. The van der Waals surface area contributed by atoms with Crippen molar-refractivity contribution >= 4 is 11.6 Å². The second-order valence-corrected chi connectivity index (χ2v) is 6.51. The van der Waals surface area contributed by atoms with Crippen LogP contribution < -0.4 is 15.8 Å². The number of halogens is 1. The number of anilines is 2. The smallest absolute Gasteiger partial charge is 0.267 e. The number of hydrogen-bond donors (Lipinski definition) is 1. The lowest BCUT2D eigenvalue weighted by Crippen LogP contribution is -2.45. The Morgan fingerprint density at radius 3 is 2.96 bits per heavy atom. The van der Waals surface area contributed by atoms with Crippen LogP contribution in [-0.4, -0.2) is 38.9 Å². The predicted octanol–water partition coefficient (Wildman–Crippen LogP) is 2.22. The summed E-state index contributed by atoms with van der Waals surface area (Å²) in [7, 11) is 0. The fourth-order valence-electron chi connectivity index (χ4n) is 3.11. The van der Waals surface area contributed by atoms with Crippen molar-refractivity contribution in [1.29, 1.82) is 0 Å². The van der Waals surface area contributed by atoms with Gasteiger partial charge < -0.3 is 10.2 Å². The number of rotatable bonds is 5. The first-order chi connectivity index (χ1) is 12.1.